The number of carbonyl (C=O) groups is 2. The van der Waals surface area contributed by atoms with Crippen molar-refractivity contribution in [3.8, 4) is 0 Å². The molecule has 0 spiro atoms. The molecule has 3 N–H and O–H groups in total. The lowest BCUT2D eigenvalue weighted by Gasteiger charge is -2.20. The predicted octanol–water partition coefficient (Wildman–Crippen LogP) is 18.0. The molecule has 0 fully saturated rings. The van der Waals surface area contributed by atoms with Gasteiger partial charge in [-0.2, -0.15) is 0 Å². The summed E-state index contributed by atoms with van der Waals surface area (Å²) in [5.74, 6) is -0.0743. The number of amides is 1. The number of nitrogens with one attached hydrogen (secondary N) is 1. The van der Waals surface area contributed by atoms with Crippen LogP contribution < -0.4 is 5.32 Å². The van der Waals surface area contributed by atoms with Crippen molar-refractivity contribution in [2.75, 3.05) is 13.2 Å². The molecule has 2 unspecified atom stereocenters. The number of unbranched alkanes of at least 4 members (excludes halogenated alkanes) is 39. The minimum Gasteiger partial charge on any atom is -0.466 e. The van der Waals surface area contributed by atoms with E-state index in [4.69, 9.17) is 4.74 Å². The van der Waals surface area contributed by atoms with Crippen LogP contribution in [-0.4, -0.2) is 47.4 Å². The first-order chi connectivity index (χ1) is 32.5. The molecular weight excluding hydrogens is 815 g/mol. The molecule has 0 aliphatic carbocycles. The zero-order valence-electron chi connectivity index (χ0n) is 44.2. The molecular formula is C60H113NO5. The van der Waals surface area contributed by atoms with Crippen LogP contribution in [-0.2, 0) is 14.3 Å². The first-order valence-corrected chi connectivity index (χ1v) is 29.3. The van der Waals surface area contributed by atoms with Gasteiger partial charge >= 0.3 is 5.97 Å². The number of hydrogen-bond donors (Lipinski definition) is 3. The molecule has 388 valence electrons. The van der Waals surface area contributed by atoms with Crippen molar-refractivity contribution >= 4 is 11.9 Å². The van der Waals surface area contributed by atoms with Gasteiger partial charge in [0.25, 0.3) is 0 Å². The summed E-state index contributed by atoms with van der Waals surface area (Å²) in [7, 11) is 0. The van der Waals surface area contributed by atoms with Crippen LogP contribution in [0.5, 0.6) is 0 Å². The second-order valence-corrected chi connectivity index (χ2v) is 20.0. The highest BCUT2D eigenvalue weighted by molar-refractivity contribution is 5.76. The highest BCUT2D eigenvalue weighted by atomic mass is 16.5. The van der Waals surface area contributed by atoms with Crippen LogP contribution in [0, 0.1) is 0 Å². The summed E-state index contributed by atoms with van der Waals surface area (Å²) >= 11 is 0. The minimum atomic E-state index is -0.846. The van der Waals surface area contributed by atoms with Gasteiger partial charge in [-0.05, 0) is 57.8 Å². The van der Waals surface area contributed by atoms with Crippen LogP contribution in [0.15, 0.2) is 36.5 Å². The quantitative estimate of drug-likeness (QED) is 0.0321. The minimum absolute atomic E-state index is 0.00489. The lowest BCUT2D eigenvalue weighted by atomic mass is 10.0. The van der Waals surface area contributed by atoms with E-state index in [1.165, 1.54) is 231 Å². The standard InChI is InChI=1S/C60H113NO5/c1-3-5-7-9-11-13-15-17-25-28-32-36-40-44-48-52-58(63)57(56-62)61-59(64)53-49-45-41-37-33-29-26-23-21-19-20-22-24-27-31-35-39-43-47-51-55-66-60(65)54-50-46-42-38-34-30-18-16-14-12-10-8-6-4-2/h10,12,16,18,48,52,57-58,62-63H,3-9,11,13-15,17,19-47,49-51,53-56H2,1-2H3,(H,61,64)/b12-10-,18-16-,52-48+. The molecule has 0 rings (SSSR count). The van der Waals surface area contributed by atoms with E-state index >= 15 is 0 Å². The van der Waals surface area contributed by atoms with Gasteiger partial charge in [0.2, 0.25) is 5.91 Å². The van der Waals surface area contributed by atoms with Gasteiger partial charge in [0.1, 0.15) is 0 Å². The first kappa shape index (κ1) is 64.1. The van der Waals surface area contributed by atoms with Gasteiger partial charge in [0.05, 0.1) is 25.4 Å². The number of ether oxygens (including phenoxy) is 1. The molecule has 0 saturated carbocycles. The molecule has 0 aromatic heterocycles. The van der Waals surface area contributed by atoms with Crippen molar-refractivity contribution < 1.29 is 24.5 Å². The molecule has 0 aliphatic heterocycles. The largest absolute Gasteiger partial charge is 0.466 e. The van der Waals surface area contributed by atoms with Gasteiger partial charge in [-0.25, -0.2) is 0 Å². The van der Waals surface area contributed by atoms with Crippen molar-refractivity contribution in [2.45, 2.75) is 321 Å². The molecule has 2 atom stereocenters. The second-order valence-electron chi connectivity index (χ2n) is 20.0. The van der Waals surface area contributed by atoms with E-state index in [0.29, 0.717) is 19.4 Å². The Hall–Kier alpha value is -1.92. The number of aliphatic hydroxyl groups excluding tert-OH is 2. The van der Waals surface area contributed by atoms with Crippen LogP contribution in [0.2, 0.25) is 0 Å². The molecule has 0 aliphatic rings. The summed E-state index contributed by atoms with van der Waals surface area (Å²) < 4.78 is 5.47. The van der Waals surface area contributed by atoms with E-state index in [0.717, 1.165) is 51.4 Å². The normalized spacial score (nSPS) is 12.8. The summed E-state index contributed by atoms with van der Waals surface area (Å²) in [5.41, 5.74) is 0. The van der Waals surface area contributed by atoms with Crippen LogP contribution >= 0.6 is 0 Å². The third kappa shape index (κ3) is 51.5. The van der Waals surface area contributed by atoms with E-state index in [1.807, 2.05) is 6.08 Å². The number of hydrogen-bond acceptors (Lipinski definition) is 5. The van der Waals surface area contributed by atoms with Crippen molar-refractivity contribution in [3.05, 3.63) is 36.5 Å². The number of rotatable bonds is 54. The van der Waals surface area contributed by atoms with E-state index in [-0.39, 0.29) is 18.5 Å². The van der Waals surface area contributed by atoms with E-state index in [1.54, 1.807) is 6.08 Å². The van der Waals surface area contributed by atoms with Crippen molar-refractivity contribution in [1.82, 2.24) is 5.32 Å². The van der Waals surface area contributed by atoms with Crippen LogP contribution in [0.1, 0.15) is 309 Å². The molecule has 0 radical (unpaired) electrons. The summed E-state index contributed by atoms with van der Waals surface area (Å²) in [5, 5.41) is 23.1. The fourth-order valence-electron chi connectivity index (χ4n) is 8.89. The molecule has 1 amide bonds. The number of carbonyl (C=O) groups excluding carboxylic acids is 2. The van der Waals surface area contributed by atoms with Gasteiger partial charge in [-0.1, -0.05) is 275 Å². The molecule has 0 bridgehead atoms. The Labute approximate surface area is 411 Å². The molecule has 0 aromatic rings. The maximum absolute atomic E-state index is 12.5. The smallest absolute Gasteiger partial charge is 0.305 e. The first-order valence-electron chi connectivity index (χ1n) is 29.3. The van der Waals surface area contributed by atoms with Crippen molar-refractivity contribution in [2.24, 2.45) is 0 Å². The lowest BCUT2D eigenvalue weighted by molar-refractivity contribution is -0.143. The molecule has 0 aromatic carbocycles. The number of esters is 1. The Morgan fingerprint density at radius 1 is 0.424 bits per heavy atom. The van der Waals surface area contributed by atoms with E-state index < -0.39 is 12.1 Å². The van der Waals surface area contributed by atoms with Crippen molar-refractivity contribution in [3.63, 3.8) is 0 Å². The highest BCUT2D eigenvalue weighted by Crippen LogP contribution is 2.17. The predicted molar refractivity (Wildman–Crippen MR) is 287 cm³/mol. The fraction of sp³-hybridized carbons (Fsp3) is 0.867. The second kappa shape index (κ2) is 55.7. The van der Waals surface area contributed by atoms with Gasteiger partial charge < -0.3 is 20.3 Å². The average Bonchev–Trinajstić information content (AvgIpc) is 3.32. The Morgan fingerprint density at radius 3 is 1.20 bits per heavy atom. The number of aliphatic hydroxyl groups is 2. The maximum Gasteiger partial charge on any atom is 0.305 e. The average molecular weight is 929 g/mol. The van der Waals surface area contributed by atoms with Crippen LogP contribution in [0.3, 0.4) is 0 Å². The Kier molecular flexibility index (Phi) is 54.1. The molecule has 6 heteroatoms. The monoisotopic (exact) mass is 928 g/mol. The topological polar surface area (TPSA) is 95.9 Å². The summed E-state index contributed by atoms with van der Waals surface area (Å²) in [6.07, 6.45) is 68.8. The molecule has 0 saturated heterocycles. The Bertz CT molecular complexity index is 1070. The number of allylic oxidation sites excluding steroid dienone is 5. The molecule has 66 heavy (non-hydrogen) atoms. The van der Waals surface area contributed by atoms with E-state index in [2.05, 4.69) is 43.5 Å². The molecule has 6 nitrogen and oxygen atoms in total. The zero-order chi connectivity index (χ0) is 47.9. The SMILES string of the molecule is CCCC/C=C\C/C=C\CCCCCCCC(=O)OCCCCCCCCCCCCCCCCCCCCCCC(=O)NC(CO)C(O)/C=C/CCCCCCCCCCCCCCC. The van der Waals surface area contributed by atoms with Gasteiger partial charge in [-0.15, -0.1) is 0 Å². The fourth-order valence-corrected chi connectivity index (χ4v) is 8.89. The van der Waals surface area contributed by atoms with Crippen LogP contribution in [0.25, 0.3) is 0 Å². The summed E-state index contributed by atoms with van der Waals surface area (Å²) in [6, 6.07) is -0.629. The lowest BCUT2D eigenvalue weighted by Crippen LogP contribution is -2.45. The third-order valence-corrected chi connectivity index (χ3v) is 13.4. The van der Waals surface area contributed by atoms with Gasteiger partial charge in [0.15, 0.2) is 0 Å². The Morgan fingerprint density at radius 2 is 0.773 bits per heavy atom. The van der Waals surface area contributed by atoms with Crippen LogP contribution in [0.4, 0.5) is 0 Å². The molecule has 0 heterocycles. The zero-order valence-corrected chi connectivity index (χ0v) is 44.2. The maximum atomic E-state index is 12.5. The third-order valence-electron chi connectivity index (χ3n) is 13.4. The highest BCUT2D eigenvalue weighted by Gasteiger charge is 2.18. The Balaban J connectivity index is 3.42. The van der Waals surface area contributed by atoms with Crippen molar-refractivity contribution in [1.29, 1.82) is 0 Å². The van der Waals surface area contributed by atoms with Gasteiger partial charge in [-0.3, -0.25) is 9.59 Å². The summed E-state index contributed by atoms with van der Waals surface area (Å²) in [6.45, 7) is 4.86. The van der Waals surface area contributed by atoms with E-state index in [9.17, 15) is 19.8 Å². The summed E-state index contributed by atoms with van der Waals surface area (Å²) in [4.78, 5) is 24.5. The van der Waals surface area contributed by atoms with Gasteiger partial charge in [0, 0.05) is 12.8 Å².